The van der Waals surface area contributed by atoms with Gasteiger partial charge in [0.1, 0.15) is 5.75 Å². The van der Waals surface area contributed by atoms with Crippen LogP contribution < -0.4 is 4.74 Å². The Balaban J connectivity index is 1.81. The first-order chi connectivity index (χ1) is 14.8. The number of amides is 1. The van der Waals surface area contributed by atoms with Gasteiger partial charge in [0, 0.05) is 36.8 Å². The minimum absolute atomic E-state index is 0.383. The summed E-state index contributed by atoms with van der Waals surface area (Å²) in [5, 5.41) is 19.1. The first kappa shape index (κ1) is 20.6. The molecule has 1 unspecified atom stereocenters. The van der Waals surface area contributed by atoms with Crippen LogP contribution in [0.5, 0.6) is 5.75 Å². The van der Waals surface area contributed by atoms with Gasteiger partial charge in [-0.05, 0) is 42.3 Å². The summed E-state index contributed by atoms with van der Waals surface area (Å²) in [4.78, 5) is 18.3. The van der Waals surface area contributed by atoms with Crippen molar-refractivity contribution < 1.29 is 14.6 Å². The predicted octanol–water partition coefficient (Wildman–Crippen LogP) is 3.60. The molecule has 2 aromatic carbocycles. The van der Waals surface area contributed by atoms with E-state index in [0.717, 1.165) is 33.5 Å². The Bertz CT molecular complexity index is 1260. The number of H-pyrrole nitrogens is 1. The largest absolute Gasteiger partial charge is 0.496 e. The number of fused-ring (bicyclic) bond motifs is 1. The van der Waals surface area contributed by atoms with Gasteiger partial charge in [-0.2, -0.15) is 5.10 Å². The van der Waals surface area contributed by atoms with Gasteiger partial charge in [0.15, 0.2) is 11.2 Å². The van der Waals surface area contributed by atoms with E-state index in [1.807, 2.05) is 48.5 Å². The van der Waals surface area contributed by atoms with Gasteiger partial charge >= 0.3 is 0 Å². The van der Waals surface area contributed by atoms with Crippen LogP contribution in [0.25, 0.3) is 33.4 Å². The smallest absolute Gasteiger partial charge is 0.258 e. The standard InChI is InChI=1S/C24H24N4O3/c1-24(30,23(29)28(2)3)17-9-7-8-15(12-17)16-13-19-21(26-27-22(19)25-14-16)18-10-5-6-11-20(18)31-4/h5-14,30H,1-4H3,(H,25,26,27). The molecule has 0 aliphatic heterocycles. The Kier molecular flexibility index (Phi) is 5.20. The molecule has 0 saturated heterocycles. The number of para-hydroxylation sites is 1. The second kappa shape index (κ2) is 7.85. The Morgan fingerprint density at radius 2 is 1.87 bits per heavy atom. The molecule has 7 nitrogen and oxygen atoms in total. The van der Waals surface area contributed by atoms with Gasteiger partial charge in [0.2, 0.25) is 0 Å². The van der Waals surface area contributed by atoms with E-state index in [4.69, 9.17) is 4.74 Å². The van der Waals surface area contributed by atoms with Crippen molar-refractivity contribution in [3.05, 3.63) is 66.4 Å². The van der Waals surface area contributed by atoms with Crippen molar-refractivity contribution in [3.8, 4) is 28.1 Å². The molecule has 0 aliphatic carbocycles. The summed E-state index contributed by atoms with van der Waals surface area (Å²) < 4.78 is 5.50. The highest BCUT2D eigenvalue weighted by atomic mass is 16.5. The van der Waals surface area contributed by atoms with Gasteiger partial charge in [-0.1, -0.05) is 30.3 Å². The number of benzene rings is 2. The van der Waals surface area contributed by atoms with Crippen LogP contribution in [0.2, 0.25) is 0 Å². The zero-order valence-electron chi connectivity index (χ0n) is 17.9. The second-order valence-corrected chi connectivity index (χ2v) is 7.75. The molecule has 158 valence electrons. The molecule has 0 fully saturated rings. The molecule has 4 aromatic rings. The Morgan fingerprint density at radius 1 is 1.10 bits per heavy atom. The topological polar surface area (TPSA) is 91.3 Å². The number of pyridine rings is 1. The van der Waals surface area contributed by atoms with E-state index in [2.05, 4.69) is 15.2 Å². The third-order valence-electron chi connectivity index (χ3n) is 5.37. The summed E-state index contributed by atoms with van der Waals surface area (Å²) in [6.07, 6.45) is 1.73. The second-order valence-electron chi connectivity index (χ2n) is 7.75. The molecule has 2 N–H and O–H groups in total. The van der Waals surface area contributed by atoms with Gasteiger partial charge in [-0.3, -0.25) is 9.89 Å². The highest BCUT2D eigenvalue weighted by Crippen LogP contribution is 2.35. The number of nitrogens with zero attached hydrogens (tertiary/aromatic N) is 3. The zero-order chi connectivity index (χ0) is 22.2. The van der Waals surface area contributed by atoms with E-state index in [0.29, 0.717) is 11.2 Å². The van der Waals surface area contributed by atoms with E-state index in [-0.39, 0.29) is 5.91 Å². The number of hydrogen-bond acceptors (Lipinski definition) is 5. The van der Waals surface area contributed by atoms with Crippen molar-refractivity contribution in [2.75, 3.05) is 21.2 Å². The zero-order valence-corrected chi connectivity index (χ0v) is 17.9. The van der Waals surface area contributed by atoms with E-state index in [1.165, 1.54) is 11.8 Å². The van der Waals surface area contributed by atoms with Gasteiger partial charge < -0.3 is 14.7 Å². The fourth-order valence-corrected chi connectivity index (χ4v) is 3.67. The van der Waals surface area contributed by atoms with E-state index in [1.54, 1.807) is 33.5 Å². The van der Waals surface area contributed by atoms with Gasteiger partial charge in [-0.25, -0.2) is 4.98 Å². The molecule has 0 spiro atoms. The van der Waals surface area contributed by atoms with Crippen LogP contribution in [0.3, 0.4) is 0 Å². The van der Waals surface area contributed by atoms with Crippen molar-refractivity contribution in [1.29, 1.82) is 0 Å². The van der Waals surface area contributed by atoms with Crippen LogP contribution in [0.4, 0.5) is 0 Å². The lowest BCUT2D eigenvalue weighted by molar-refractivity contribution is -0.147. The van der Waals surface area contributed by atoms with Gasteiger partial charge in [-0.15, -0.1) is 0 Å². The van der Waals surface area contributed by atoms with Gasteiger partial charge in [0.25, 0.3) is 5.91 Å². The molecular weight excluding hydrogens is 392 g/mol. The molecule has 0 saturated carbocycles. The molecule has 2 heterocycles. The Labute approximate surface area is 180 Å². The summed E-state index contributed by atoms with van der Waals surface area (Å²) in [7, 11) is 4.88. The molecule has 0 aliphatic rings. The van der Waals surface area contributed by atoms with Crippen molar-refractivity contribution >= 4 is 16.9 Å². The minimum Gasteiger partial charge on any atom is -0.496 e. The maximum absolute atomic E-state index is 12.5. The number of aromatic nitrogens is 3. The van der Waals surface area contributed by atoms with Crippen LogP contribution in [0.1, 0.15) is 12.5 Å². The van der Waals surface area contributed by atoms with Crippen LogP contribution in [0, 0.1) is 0 Å². The van der Waals surface area contributed by atoms with Crippen molar-refractivity contribution in [3.63, 3.8) is 0 Å². The van der Waals surface area contributed by atoms with Crippen molar-refractivity contribution in [2.24, 2.45) is 0 Å². The number of ether oxygens (including phenoxy) is 1. The monoisotopic (exact) mass is 416 g/mol. The maximum Gasteiger partial charge on any atom is 0.258 e. The molecule has 1 atom stereocenters. The van der Waals surface area contributed by atoms with Crippen LogP contribution in [-0.4, -0.2) is 52.3 Å². The lowest BCUT2D eigenvalue weighted by atomic mass is 9.91. The number of rotatable bonds is 5. The highest BCUT2D eigenvalue weighted by Gasteiger charge is 2.34. The maximum atomic E-state index is 12.5. The average molecular weight is 416 g/mol. The summed E-state index contributed by atoms with van der Waals surface area (Å²) in [5.74, 6) is 0.352. The normalized spacial score (nSPS) is 13.1. The lowest BCUT2D eigenvalue weighted by Crippen LogP contribution is -2.41. The minimum atomic E-state index is -1.63. The van der Waals surface area contributed by atoms with Crippen LogP contribution in [0.15, 0.2) is 60.8 Å². The highest BCUT2D eigenvalue weighted by molar-refractivity contribution is 5.95. The third kappa shape index (κ3) is 3.64. The molecule has 0 radical (unpaired) electrons. The average Bonchev–Trinajstić information content (AvgIpc) is 3.21. The fourth-order valence-electron chi connectivity index (χ4n) is 3.67. The number of likely N-dealkylation sites (N-methyl/N-ethyl adjacent to an activating group) is 1. The number of aromatic amines is 1. The van der Waals surface area contributed by atoms with Crippen molar-refractivity contribution in [1.82, 2.24) is 20.1 Å². The molecule has 4 rings (SSSR count). The van der Waals surface area contributed by atoms with E-state index in [9.17, 15) is 9.90 Å². The Morgan fingerprint density at radius 3 is 2.61 bits per heavy atom. The molecule has 0 bridgehead atoms. The lowest BCUT2D eigenvalue weighted by Gasteiger charge is -2.26. The van der Waals surface area contributed by atoms with E-state index >= 15 is 0 Å². The summed E-state index contributed by atoms with van der Waals surface area (Å²) >= 11 is 0. The number of hydrogen-bond donors (Lipinski definition) is 2. The molecular formula is C24H24N4O3. The number of methoxy groups -OCH3 is 1. The summed E-state index contributed by atoms with van der Waals surface area (Å²) in [5.41, 5.74) is 2.87. The molecule has 2 aromatic heterocycles. The van der Waals surface area contributed by atoms with Crippen molar-refractivity contribution in [2.45, 2.75) is 12.5 Å². The summed E-state index contributed by atoms with van der Waals surface area (Å²) in [6, 6.07) is 17.0. The quantitative estimate of drug-likeness (QED) is 0.519. The summed E-state index contributed by atoms with van der Waals surface area (Å²) in [6.45, 7) is 1.51. The number of nitrogens with one attached hydrogen (secondary N) is 1. The van der Waals surface area contributed by atoms with Gasteiger partial charge in [0.05, 0.1) is 12.8 Å². The number of carbonyl (C=O) groups excluding carboxylic acids is 1. The van der Waals surface area contributed by atoms with Crippen LogP contribution in [-0.2, 0) is 10.4 Å². The first-order valence-corrected chi connectivity index (χ1v) is 9.85. The van der Waals surface area contributed by atoms with Crippen LogP contribution >= 0.6 is 0 Å². The Hall–Kier alpha value is -3.71. The number of carbonyl (C=O) groups is 1. The molecule has 7 heteroatoms. The molecule has 1 amide bonds. The van der Waals surface area contributed by atoms with E-state index < -0.39 is 5.60 Å². The number of aliphatic hydroxyl groups is 1. The SMILES string of the molecule is COc1ccccc1-c1[nH]nc2ncc(-c3cccc(C(C)(O)C(=O)N(C)C)c3)cc12. The third-order valence-corrected chi connectivity index (χ3v) is 5.37. The first-order valence-electron chi connectivity index (χ1n) is 9.85. The fraction of sp³-hybridized carbons (Fsp3) is 0.208. The molecule has 31 heavy (non-hydrogen) atoms. The predicted molar refractivity (Wildman–Crippen MR) is 120 cm³/mol.